The lowest BCUT2D eigenvalue weighted by molar-refractivity contribution is 0.247. The van der Waals surface area contributed by atoms with Crippen LogP contribution in [-0.2, 0) is 6.54 Å². The fourth-order valence-corrected chi connectivity index (χ4v) is 2.52. The minimum Gasteiger partial charge on any atom is -0.354 e. The predicted molar refractivity (Wildman–Crippen MR) is 78.3 cm³/mol. The van der Waals surface area contributed by atoms with Crippen molar-refractivity contribution in [2.45, 2.75) is 32.4 Å². The molecule has 5 heteroatoms. The van der Waals surface area contributed by atoms with E-state index in [0.717, 1.165) is 31.1 Å². The van der Waals surface area contributed by atoms with E-state index in [1.54, 1.807) is 0 Å². The Kier molecular flexibility index (Phi) is 5.10. The number of aromatic nitrogens is 2. The molecular weight excluding hydrogens is 238 g/mol. The number of nitrogens with zero attached hydrogens (tertiary/aromatic N) is 4. The summed E-state index contributed by atoms with van der Waals surface area (Å²) >= 11 is 0. The van der Waals surface area contributed by atoms with Crippen molar-refractivity contribution in [1.29, 1.82) is 0 Å². The minimum atomic E-state index is 0.549. The van der Waals surface area contributed by atoms with E-state index < -0.39 is 0 Å². The van der Waals surface area contributed by atoms with Crippen molar-refractivity contribution in [2.75, 3.05) is 38.6 Å². The van der Waals surface area contributed by atoms with E-state index in [-0.39, 0.29) is 0 Å². The molecule has 0 spiro atoms. The molecule has 1 aliphatic heterocycles. The molecule has 1 unspecified atom stereocenters. The maximum absolute atomic E-state index is 4.54. The molecule has 0 aliphatic carbocycles. The van der Waals surface area contributed by atoms with Gasteiger partial charge in [-0.15, -0.1) is 0 Å². The molecule has 1 saturated heterocycles. The summed E-state index contributed by atoms with van der Waals surface area (Å²) < 4.78 is 0. The zero-order valence-electron chi connectivity index (χ0n) is 12.3. The Bertz CT molecular complexity index is 378. The van der Waals surface area contributed by atoms with Gasteiger partial charge in [-0.2, -0.15) is 0 Å². The Hall–Kier alpha value is -1.20. The van der Waals surface area contributed by atoms with Crippen molar-refractivity contribution in [3.8, 4) is 0 Å². The first-order valence-corrected chi connectivity index (χ1v) is 7.13. The number of nitrogens with one attached hydrogen (secondary N) is 1. The van der Waals surface area contributed by atoms with Crippen molar-refractivity contribution in [3.63, 3.8) is 0 Å². The second-order valence-corrected chi connectivity index (χ2v) is 5.32. The number of hydrogen-bond acceptors (Lipinski definition) is 5. The van der Waals surface area contributed by atoms with E-state index in [4.69, 9.17) is 0 Å². The molecule has 2 heterocycles. The Morgan fingerprint density at radius 1 is 1.42 bits per heavy atom. The molecule has 2 rings (SSSR count). The van der Waals surface area contributed by atoms with Gasteiger partial charge in [0.05, 0.1) is 18.1 Å². The second kappa shape index (κ2) is 6.82. The highest BCUT2D eigenvalue weighted by Crippen LogP contribution is 2.18. The van der Waals surface area contributed by atoms with Crippen molar-refractivity contribution in [3.05, 3.63) is 18.1 Å². The van der Waals surface area contributed by atoms with Gasteiger partial charge in [-0.25, -0.2) is 4.98 Å². The van der Waals surface area contributed by atoms with Gasteiger partial charge in [-0.3, -0.25) is 4.98 Å². The summed E-state index contributed by atoms with van der Waals surface area (Å²) in [6.07, 6.45) is 6.27. The zero-order valence-corrected chi connectivity index (χ0v) is 12.3. The van der Waals surface area contributed by atoms with Crippen molar-refractivity contribution < 1.29 is 0 Å². The molecule has 0 bridgehead atoms. The van der Waals surface area contributed by atoms with E-state index in [1.165, 1.54) is 19.4 Å². The largest absolute Gasteiger partial charge is 0.354 e. The molecule has 0 radical (unpaired) electrons. The molecule has 1 aromatic heterocycles. The molecule has 1 N–H and O–H groups in total. The van der Waals surface area contributed by atoms with Gasteiger partial charge in [0, 0.05) is 26.2 Å². The number of likely N-dealkylation sites (tertiary alicyclic amines) is 1. The molecular formula is C14H25N5. The van der Waals surface area contributed by atoms with Crippen LogP contribution in [0.15, 0.2) is 12.4 Å². The first-order chi connectivity index (χ1) is 9.20. The van der Waals surface area contributed by atoms with E-state index in [2.05, 4.69) is 46.1 Å². The number of piperidine rings is 1. The molecule has 0 saturated carbocycles. The molecule has 106 valence electrons. The van der Waals surface area contributed by atoms with E-state index in [9.17, 15) is 0 Å². The summed E-state index contributed by atoms with van der Waals surface area (Å²) in [5, 5.41) is 3.26. The van der Waals surface area contributed by atoms with E-state index in [1.807, 2.05) is 12.4 Å². The third-order valence-electron chi connectivity index (χ3n) is 3.76. The van der Waals surface area contributed by atoms with Gasteiger partial charge in [0.2, 0.25) is 0 Å². The average molecular weight is 263 g/mol. The average Bonchev–Trinajstić information content (AvgIpc) is 2.45. The quantitative estimate of drug-likeness (QED) is 0.862. The standard InChI is InChI=1S/C14H25N5/c1-4-15-8-12-9-17-14(10-16-12)19(3)13-6-5-7-18(2)11-13/h9-10,13,15H,4-8,11H2,1-3H3. The molecule has 1 fully saturated rings. The van der Waals surface area contributed by atoms with Crippen molar-refractivity contribution in [2.24, 2.45) is 0 Å². The smallest absolute Gasteiger partial charge is 0.147 e. The normalized spacial score (nSPS) is 20.5. The van der Waals surface area contributed by atoms with Gasteiger partial charge in [-0.1, -0.05) is 6.92 Å². The maximum atomic E-state index is 4.54. The maximum Gasteiger partial charge on any atom is 0.147 e. The molecule has 5 nitrogen and oxygen atoms in total. The lowest BCUT2D eigenvalue weighted by Crippen LogP contribution is -2.45. The molecule has 0 aromatic carbocycles. The second-order valence-electron chi connectivity index (χ2n) is 5.32. The fourth-order valence-electron chi connectivity index (χ4n) is 2.52. The van der Waals surface area contributed by atoms with Crippen LogP contribution in [0.2, 0.25) is 0 Å². The van der Waals surface area contributed by atoms with Crippen LogP contribution in [0.5, 0.6) is 0 Å². The fraction of sp³-hybridized carbons (Fsp3) is 0.714. The van der Waals surface area contributed by atoms with E-state index >= 15 is 0 Å². The lowest BCUT2D eigenvalue weighted by atomic mass is 10.1. The summed E-state index contributed by atoms with van der Waals surface area (Å²) in [6, 6.07) is 0.549. The molecule has 0 amide bonds. The highest BCUT2D eigenvalue weighted by molar-refractivity contribution is 5.36. The first kappa shape index (κ1) is 14.2. The van der Waals surface area contributed by atoms with Crippen molar-refractivity contribution in [1.82, 2.24) is 20.2 Å². The van der Waals surface area contributed by atoms with Crippen LogP contribution >= 0.6 is 0 Å². The van der Waals surface area contributed by atoms with Gasteiger partial charge in [0.1, 0.15) is 5.82 Å². The highest BCUT2D eigenvalue weighted by Gasteiger charge is 2.22. The Balaban J connectivity index is 1.96. The van der Waals surface area contributed by atoms with Crippen LogP contribution in [0.25, 0.3) is 0 Å². The van der Waals surface area contributed by atoms with E-state index in [0.29, 0.717) is 6.04 Å². The van der Waals surface area contributed by atoms with Crippen LogP contribution in [0.3, 0.4) is 0 Å². The van der Waals surface area contributed by atoms with Crippen molar-refractivity contribution >= 4 is 5.82 Å². The van der Waals surface area contributed by atoms with Crippen LogP contribution in [-0.4, -0.2) is 54.6 Å². The lowest BCUT2D eigenvalue weighted by Gasteiger charge is -2.36. The minimum absolute atomic E-state index is 0.549. The van der Waals surface area contributed by atoms with Gasteiger partial charge in [-0.05, 0) is 33.0 Å². The van der Waals surface area contributed by atoms with Crippen LogP contribution in [0.4, 0.5) is 5.82 Å². The summed E-state index contributed by atoms with van der Waals surface area (Å²) in [4.78, 5) is 13.7. The Labute approximate surface area is 116 Å². The molecule has 1 aliphatic rings. The van der Waals surface area contributed by atoms with Crippen LogP contribution in [0.1, 0.15) is 25.5 Å². The van der Waals surface area contributed by atoms with Gasteiger partial charge >= 0.3 is 0 Å². The Morgan fingerprint density at radius 2 is 2.26 bits per heavy atom. The van der Waals surface area contributed by atoms with Gasteiger partial charge in [0.25, 0.3) is 0 Å². The first-order valence-electron chi connectivity index (χ1n) is 7.13. The highest BCUT2D eigenvalue weighted by atomic mass is 15.2. The van der Waals surface area contributed by atoms with Gasteiger partial charge < -0.3 is 15.1 Å². The summed E-state index contributed by atoms with van der Waals surface area (Å²) in [5.41, 5.74) is 1.000. The summed E-state index contributed by atoms with van der Waals surface area (Å²) in [6.45, 7) is 6.15. The Morgan fingerprint density at radius 3 is 2.89 bits per heavy atom. The third kappa shape index (κ3) is 3.88. The monoisotopic (exact) mass is 263 g/mol. The topological polar surface area (TPSA) is 44.3 Å². The number of rotatable bonds is 5. The summed E-state index contributed by atoms with van der Waals surface area (Å²) in [5.74, 6) is 0.973. The molecule has 1 aromatic rings. The SMILES string of the molecule is CCNCc1cnc(N(C)C2CCCN(C)C2)cn1. The summed E-state index contributed by atoms with van der Waals surface area (Å²) in [7, 11) is 4.31. The number of hydrogen-bond donors (Lipinski definition) is 1. The zero-order chi connectivity index (χ0) is 13.7. The van der Waals surface area contributed by atoms with Crippen LogP contribution in [0, 0.1) is 0 Å². The predicted octanol–water partition coefficient (Wildman–Crippen LogP) is 1.12. The molecule has 19 heavy (non-hydrogen) atoms. The number of likely N-dealkylation sites (N-methyl/N-ethyl adjacent to an activating group) is 2. The third-order valence-corrected chi connectivity index (χ3v) is 3.76. The van der Waals surface area contributed by atoms with Gasteiger partial charge in [0.15, 0.2) is 0 Å². The number of anilines is 1. The molecule has 1 atom stereocenters. The van der Waals surface area contributed by atoms with Crippen LogP contribution < -0.4 is 10.2 Å².